The second kappa shape index (κ2) is 11.5. The van der Waals surface area contributed by atoms with Crippen LogP contribution in [0, 0.1) is 5.92 Å². The standard InChI is InChI=1S/C16H31NO/c1-5-6-7-8-11-15(2)14-17(4)13-10-9-12-16(3)18/h6-7,15H,5,8-14H2,1-4H3. The summed E-state index contributed by atoms with van der Waals surface area (Å²) in [4.78, 5) is 13.2. The van der Waals surface area contributed by atoms with Gasteiger partial charge in [0.2, 0.25) is 0 Å². The van der Waals surface area contributed by atoms with Gasteiger partial charge in [0.25, 0.3) is 0 Å². The summed E-state index contributed by atoms with van der Waals surface area (Å²) in [5.41, 5.74) is 0. The fourth-order valence-corrected chi connectivity index (χ4v) is 2.14. The van der Waals surface area contributed by atoms with Crippen molar-refractivity contribution in [2.24, 2.45) is 5.92 Å². The molecule has 0 spiro atoms. The molecule has 0 aliphatic carbocycles. The number of unbranched alkanes of at least 4 members (excludes halogenated alkanes) is 1. The van der Waals surface area contributed by atoms with Crippen molar-refractivity contribution in [1.29, 1.82) is 0 Å². The average molecular weight is 253 g/mol. The molecular formula is C16H31NO. The minimum Gasteiger partial charge on any atom is -0.306 e. The highest BCUT2D eigenvalue weighted by Crippen LogP contribution is 2.09. The van der Waals surface area contributed by atoms with Gasteiger partial charge in [-0.1, -0.05) is 26.0 Å². The summed E-state index contributed by atoms with van der Waals surface area (Å²) in [7, 11) is 2.19. The molecular weight excluding hydrogens is 222 g/mol. The summed E-state index contributed by atoms with van der Waals surface area (Å²) in [6.07, 6.45) is 11.1. The van der Waals surface area contributed by atoms with Crippen LogP contribution in [-0.4, -0.2) is 30.8 Å². The van der Waals surface area contributed by atoms with Crippen LogP contribution < -0.4 is 0 Å². The number of hydrogen-bond donors (Lipinski definition) is 0. The van der Waals surface area contributed by atoms with Gasteiger partial charge in [0.05, 0.1) is 0 Å². The van der Waals surface area contributed by atoms with Gasteiger partial charge in [-0.05, 0) is 58.5 Å². The number of Topliss-reactive ketones (excluding diaryl/α,β-unsaturated/α-hetero) is 1. The zero-order valence-corrected chi connectivity index (χ0v) is 12.7. The highest BCUT2D eigenvalue weighted by atomic mass is 16.1. The van der Waals surface area contributed by atoms with Gasteiger partial charge in [0, 0.05) is 13.0 Å². The van der Waals surface area contributed by atoms with E-state index in [0.29, 0.717) is 5.78 Å². The van der Waals surface area contributed by atoms with E-state index in [1.165, 1.54) is 19.4 Å². The van der Waals surface area contributed by atoms with E-state index >= 15 is 0 Å². The average Bonchev–Trinajstić information content (AvgIpc) is 2.30. The number of allylic oxidation sites excluding steroid dienone is 2. The maximum atomic E-state index is 10.8. The van der Waals surface area contributed by atoms with Crippen molar-refractivity contribution >= 4 is 5.78 Å². The lowest BCUT2D eigenvalue weighted by atomic mass is 10.0. The van der Waals surface area contributed by atoms with Crippen molar-refractivity contribution in [3.8, 4) is 0 Å². The molecule has 1 unspecified atom stereocenters. The molecule has 0 aromatic heterocycles. The van der Waals surface area contributed by atoms with E-state index in [9.17, 15) is 4.79 Å². The van der Waals surface area contributed by atoms with Crippen molar-refractivity contribution in [1.82, 2.24) is 4.90 Å². The first kappa shape index (κ1) is 17.4. The molecule has 2 heteroatoms. The number of carbonyl (C=O) groups excluding carboxylic acids is 1. The van der Waals surface area contributed by atoms with Gasteiger partial charge in [-0.25, -0.2) is 0 Å². The van der Waals surface area contributed by atoms with E-state index in [1.807, 2.05) is 0 Å². The molecule has 2 nitrogen and oxygen atoms in total. The Labute approximate surface area is 113 Å². The van der Waals surface area contributed by atoms with Gasteiger partial charge in [-0.3, -0.25) is 0 Å². The molecule has 106 valence electrons. The van der Waals surface area contributed by atoms with E-state index in [0.717, 1.165) is 38.1 Å². The topological polar surface area (TPSA) is 20.3 Å². The van der Waals surface area contributed by atoms with Crippen molar-refractivity contribution < 1.29 is 4.79 Å². The number of carbonyl (C=O) groups is 1. The number of rotatable bonds is 11. The molecule has 0 fully saturated rings. The summed E-state index contributed by atoms with van der Waals surface area (Å²) in [6.45, 7) is 8.46. The molecule has 0 aromatic rings. The Kier molecular flexibility index (Phi) is 11.1. The van der Waals surface area contributed by atoms with Gasteiger partial charge in [-0.2, -0.15) is 0 Å². The molecule has 0 aliphatic rings. The molecule has 1 atom stereocenters. The van der Waals surface area contributed by atoms with Crippen molar-refractivity contribution in [3.05, 3.63) is 12.2 Å². The molecule has 18 heavy (non-hydrogen) atoms. The lowest BCUT2D eigenvalue weighted by molar-refractivity contribution is -0.117. The smallest absolute Gasteiger partial charge is 0.129 e. The molecule has 0 amide bonds. The van der Waals surface area contributed by atoms with Crippen LogP contribution in [0.1, 0.15) is 59.3 Å². The number of nitrogens with zero attached hydrogens (tertiary/aromatic N) is 1. The summed E-state index contributed by atoms with van der Waals surface area (Å²) >= 11 is 0. The minimum absolute atomic E-state index is 0.314. The van der Waals surface area contributed by atoms with E-state index in [-0.39, 0.29) is 0 Å². The highest BCUT2D eigenvalue weighted by Gasteiger charge is 2.05. The molecule has 0 radical (unpaired) electrons. The zero-order valence-electron chi connectivity index (χ0n) is 12.7. The quantitative estimate of drug-likeness (QED) is 0.409. The van der Waals surface area contributed by atoms with Crippen molar-refractivity contribution in [3.63, 3.8) is 0 Å². The fourth-order valence-electron chi connectivity index (χ4n) is 2.14. The lowest BCUT2D eigenvalue weighted by Crippen LogP contribution is -2.25. The first-order valence-electron chi connectivity index (χ1n) is 7.39. The van der Waals surface area contributed by atoms with Gasteiger partial charge < -0.3 is 9.69 Å². The van der Waals surface area contributed by atoms with E-state index in [4.69, 9.17) is 0 Å². The summed E-state index contributed by atoms with van der Waals surface area (Å²) in [5, 5.41) is 0. The Morgan fingerprint density at radius 3 is 2.61 bits per heavy atom. The normalized spacial score (nSPS) is 13.4. The van der Waals surface area contributed by atoms with E-state index in [1.54, 1.807) is 6.92 Å². The highest BCUT2D eigenvalue weighted by molar-refractivity contribution is 5.75. The third kappa shape index (κ3) is 11.8. The molecule has 0 saturated carbocycles. The van der Waals surface area contributed by atoms with Crippen molar-refractivity contribution in [2.45, 2.75) is 59.3 Å². The third-order valence-corrected chi connectivity index (χ3v) is 3.17. The van der Waals surface area contributed by atoms with Crippen LogP contribution in [0.25, 0.3) is 0 Å². The molecule has 0 heterocycles. The van der Waals surface area contributed by atoms with Crippen molar-refractivity contribution in [2.75, 3.05) is 20.1 Å². The molecule has 0 bridgehead atoms. The third-order valence-electron chi connectivity index (χ3n) is 3.17. The second-order valence-corrected chi connectivity index (χ2v) is 5.48. The Balaban J connectivity index is 3.51. The van der Waals surface area contributed by atoms with Crippen LogP contribution in [0.2, 0.25) is 0 Å². The molecule has 0 aromatic carbocycles. The monoisotopic (exact) mass is 253 g/mol. The van der Waals surface area contributed by atoms with E-state index in [2.05, 4.69) is 37.9 Å². The Bertz CT molecular complexity index is 235. The predicted octanol–water partition coefficient (Wildman–Crippen LogP) is 4.06. The van der Waals surface area contributed by atoms with E-state index < -0.39 is 0 Å². The van der Waals surface area contributed by atoms with Gasteiger partial charge in [0.1, 0.15) is 5.78 Å². The summed E-state index contributed by atoms with van der Waals surface area (Å²) < 4.78 is 0. The van der Waals surface area contributed by atoms with Gasteiger partial charge >= 0.3 is 0 Å². The molecule has 0 saturated heterocycles. The van der Waals surface area contributed by atoms with Crippen LogP contribution in [0.15, 0.2) is 12.2 Å². The Hall–Kier alpha value is -0.630. The second-order valence-electron chi connectivity index (χ2n) is 5.48. The maximum Gasteiger partial charge on any atom is 0.129 e. The minimum atomic E-state index is 0.314. The van der Waals surface area contributed by atoms with Crippen LogP contribution in [0.3, 0.4) is 0 Å². The molecule has 0 N–H and O–H groups in total. The SMILES string of the molecule is CCC=CCCC(C)CN(C)CCCCC(C)=O. The molecule has 0 rings (SSSR count). The first-order valence-corrected chi connectivity index (χ1v) is 7.39. The van der Waals surface area contributed by atoms with Crippen LogP contribution in [-0.2, 0) is 4.79 Å². The van der Waals surface area contributed by atoms with Gasteiger partial charge in [0.15, 0.2) is 0 Å². The first-order chi connectivity index (χ1) is 8.56. The fraction of sp³-hybridized carbons (Fsp3) is 0.812. The Morgan fingerprint density at radius 2 is 2.00 bits per heavy atom. The number of hydrogen-bond acceptors (Lipinski definition) is 2. The number of ketones is 1. The largest absolute Gasteiger partial charge is 0.306 e. The summed E-state index contributed by atoms with van der Waals surface area (Å²) in [5.74, 6) is 1.07. The van der Waals surface area contributed by atoms with Crippen LogP contribution in [0.4, 0.5) is 0 Å². The lowest BCUT2D eigenvalue weighted by Gasteiger charge is -2.20. The molecule has 0 aliphatic heterocycles. The zero-order chi connectivity index (χ0) is 13.8. The summed E-state index contributed by atoms with van der Waals surface area (Å²) in [6, 6.07) is 0. The Morgan fingerprint density at radius 1 is 1.28 bits per heavy atom. The predicted molar refractivity (Wildman–Crippen MR) is 79.9 cm³/mol. The van der Waals surface area contributed by atoms with Crippen LogP contribution in [0.5, 0.6) is 0 Å². The van der Waals surface area contributed by atoms with Crippen LogP contribution >= 0.6 is 0 Å². The maximum absolute atomic E-state index is 10.8. The van der Waals surface area contributed by atoms with Gasteiger partial charge in [-0.15, -0.1) is 0 Å².